The lowest BCUT2D eigenvalue weighted by atomic mass is 9.89. The van der Waals surface area contributed by atoms with Crippen LogP contribution in [0.15, 0.2) is 24.3 Å². The Hall–Kier alpha value is -1.06. The number of aromatic hydroxyl groups is 1. The predicted octanol–water partition coefficient (Wildman–Crippen LogP) is 1.85. The number of aliphatic hydroxyl groups excluding tert-OH is 1. The zero-order chi connectivity index (χ0) is 10.7. The first-order chi connectivity index (χ1) is 7.27. The topological polar surface area (TPSA) is 49.7 Å². The Morgan fingerprint density at radius 1 is 1.27 bits per heavy atom. The molecule has 15 heavy (non-hydrogen) atoms. The van der Waals surface area contributed by atoms with E-state index in [1.54, 1.807) is 18.2 Å². The number of phenols is 1. The summed E-state index contributed by atoms with van der Waals surface area (Å²) in [5.41, 5.74) is 0.793. The molecule has 2 N–H and O–H groups in total. The van der Waals surface area contributed by atoms with E-state index >= 15 is 0 Å². The highest BCUT2D eigenvalue weighted by molar-refractivity contribution is 5.28. The van der Waals surface area contributed by atoms with Gasteiger partial charge in [-0.25, -0.2) is 0 Å². The van der Waals surface area contributed by atoms with Crippen molar-refractivity contribution in [3.63, 3.8) is 0 Å². The maximum absolute atomic E-state index is 10.1. The molecule has 1 aliphatic heterocycles. The largest absolute Gasteiger partial charge is 0.508 e. The third-order valence-electron chi connectivity index (χ3n) is 2.92. The number of hydrogen-bond acceptors (Lipinski definition) is 3. The van der Waals surface area contributed by atoms with Crippen LogP contribution in [0.4, 0.5) is 0 Å². The molecule has 3 nitrogen and oxygen atoms in total. The van der Waals surface area contributed by atoms with E-state index in [0.717, 1.165) is 31.6 Å². The Labute approximate surface area is 89.3 Å². The van der Waals surface area contributed by atoms with E-state index in [2.05, 4.69) is 0 Å². The molecule has 0 bridgehead atoms. The first kappa shape index (κ1) is 10.5. The van der Waals surface area contributed by atoms with Gasteiger partial charge in [0.25, 0.3) is 0 Å². The van der Waals surface area contributed by atoms with Crippen LogP contribution < -0.4 is 0 Å². The average Bonchev–Trinajstić information content (AvgIpc) is 2.29. The Kier molecular flexibility index (Phi) is 3.23. The first-order valence-corrected chi connectivity index (χ1v) is 5.32. The Morgan fingerprint density at radius 3 is 2.67 bits per heavy atom. The summed E-state index contributed by atoms with van der Waals surface area (Å²) in [6.45, 7) is 1.45. The van der Waals surface area contributed by atoms with Crippen molar-refractivity contribution in [1.82, 2.24) is 0 Å². The fourth-order valence-corrected chi connectivity index (χ4v) is 2.01. The second kappa shape index (κ2) is 4.64. The molecule has 1 saturated heterocycles. The van der Waals surface area contributed by atoms with E-state index in [-0.39, 0.29) is 11.7 Å². The Balaban J connectivity index is 2.08. The molecule has 0 spiro atoms. The molecule has 1 unspecified atom stereocenters. The van der Waals surface area contributed by atoms with E-state index in [0.29, 0.717) is 0 Å². The highest BCUT2D eigenvalue weighted by atomic mass is 16.5. The average molecular weight is 208 g/mol. The Morgan fingerprint density at radius 2 is 2.00 bits per heavy atom. The third kappa shape index (κ3) is 2.49. The second-order valence-electron chi connectivity index (χ2n) is 3.99. The molecule has 0 saturated carbocycles. The van der Waals surface area contributed by atoms with Gasteiger partial charge >= 0.3 is 0 Å². The van der Waals surface area contributed by atoms with E-state index in [9.17, 15) is 10.2 Å². The number of phenolic OH excluding ortho intramolecular Hbond substituents is 1. The number of ether oxygens (including phenoxy) is 1. The van der Waals surface area contributed by atoms with Gasteiger partial charge in [-0.15, -0.1) is 0 Å². The smallest absolute Gasteiger partial charge is 0.115 e. The highest BCUT2D eigenvalue weighted by Gasteiger charge is 2.23. The van der Waals surface area contributed by atoms with Gasteiger partial charge in [0.1, 0.15) is 5.75 Å². The second-order valence-corrected chi connectivity index (χ2v) is 3.99. The summed E-state index contributed by atoms with van der Waals surface area (Å²) >= 11 is 0. The minimum Gasteiger partial charge on any atom is -0.508 e. The van der Waals surface area contributed by atoms with Crippen LogP contribution in [-0.2, 0) is 4.74 Å². The maximum atomic E-state index is 10.1. The van der Waals surface area contributed by atoms with Crippen molar-refractivity contribution in [2.45, 2.75) is 18.9 Å². The molecule has 0 aromatic heterocycles. The first-order valence-electron chi connectivity index (χ1n) is 5.32. The molecule has 0 amide bonds. The van der Waals surface area contributed by atoms with E-state index in [1.807, 2.05) is 6.07 Å². The van der Waals surface area contributed by atoms with Crippen LogP contribution in [0.25, 0.3) is 0 Å². The summed E-state index contributed by atoms with van der Waals surface area (Å²) < 4.78 is 5.25. The van der Waals surface area contributed by atoms with Crippen LogP contribution in [-0.4, -0.2) is 23.4 Å². The van der Waals surface area contributed by atoms with Gasteiger partial charge in [-0.1, -0.05) is 12.1 Å². The van der Waals surface area contributed by atoms with Crippen LogP contribution in [0.2, 0.25) is 0 Å². The van der Waals surface area contributed by atoms with Gasteiger partial charge < -0.3 is 14.9 Å². The number of benzene rings is 1. The minimum atomic E-state index is -0.485. The van der Waals surface area contributed by atoms with Crippen LogP contribution in [0.3, 0.4) is 0 Å². The summed E-state index contributed by atoms with van der Waals surface area (Å²) in [5, 5.41) is 19.4. The van der Waals surface area contributed by atoms with Gasteiger partial charge in [-0.05, 0) is 36.5 Å². The molecule has 1 fully saturated rings. The van der Waals surface area contributed by atoms with Gasteiger partial charge in [-0.3, -0.25) is 0 Å². The van der Waals surface area contributed by atoms with Gasteiger partial charge in [0, 0.05) is 13.2 Å². The minimum absolute atomic E-state index is 0.207. The maximum Gasteiger partial charge on any atom is 0.115 e. The standard InChI is InChI=1S/C12H16O3/c13-11-3-1-2-10(8-11)12(14)9-4-6-15-7-5-9/h1-3,8-9,12-14H,4-7H2. The van der Waals surface area contributed by atoms with E-state index in [1.165, 1.54) is 0 Å². The number of rotatable bonds is 2. The number of hydrogen-bond donors (Lipinski definition) is 2. The van der Waals surface area contributed by atoms with Gasteiger partial charge in [0.15, 0.2) is 0 Å². The third-order valence-corrected chi connectivity index (χ3v) is 2.92. The van der Waals surface area contributed by atoms with Crippen molar-refractivity contribution < 1.29 is 14.9 Å². The van der Waals surface area contributed by atoms with Crippen LogP contribution in [0.1, 0.15) is 24.5 Å². The van der Waals surface area contributed by atoms with E-state index in [4.69, 9.17) is 4.74 Å². The van der Waals surface area contributed by atoms with Crippen molar-refractivity contribution >= 4 is 0 Å². The lowest BCUT2D eigenvalue weighted by molar-refractivity contribution is 0.00712. The van der Waals surface area contributed by atoms with Crippen LogP contribution in [0, 0.1) is 5.92 Å². The highest BCUT2D eigenvalue weighted by Crippen LogP contribution is 2.30. The zero-order valence-corrected chi connectivity index (χ0v) is 8.60. The molecule has 82 valence electrons. The Bertz CT molecular complexity index is 318. The van der Waals surface area contributed by atoms with Crippen molar-refractivity contribution in [1.29, 1.82) is 0 Å². The fraction of sp³-hybridized carbons (Fsp3) is 0.500. The molecule has 0 radical (unpaired) electrons. The summed E-state index contributed by atoms with van der Waals surface area (Å²) in [5.74, 6) is 0.458. The molecule has 1 heterocycles. The molecule has 2 rings (SSSR count). The van der Waals surface area contributed by atoms with E-state index < -0.39 is 6.10 Å². The van der Waals surface area contributed by atoms with Crippen molar-refractivity contribution in [2.75, 3.05) is 13.2 Å². The van der Waals surface area contributed by atoms with Crippen LogP contribution in [0.5, 0.6) is 5.75 Å². The monoisotopic (exact) mass is 208 g/mol. The quantitative estimate of drug-likeness (QED) is 0.779. The predicted molar refractivity (Wildman–Crippen MR) is 56.6 cm³/mol. The van der Waals surface area contributed by atoms with Crippen molar-refractivity contribution in [3.8, 4) is 5.75 Å². The van der Waals surface area contributed by atoms with Gasteiger partial charge in [0.05, 0.1) is 6.10 Å². The van der Waals surface area contributed by atoms with Gasteiger partial charge in [-0.2, -0.15) is 0 Å². The van der Waals surface area contributed by atoms with Crippen molar-refractivity contribution in [2.24, 2.45) is 5.92 Å². The summed E-state index contributed by atoms with van der Waals surface area (Å²) in [4.78, 5) is 0. The number of aliphatic hydroxyl groups is 1. The zero-order valence-electron chi connectivity index (χ0n) is 8.60. The lowest BCUT2D eigenvalue weighted by Crippen LogP contribution is -2.21. The summed E-state index contributed by atoms with van der Waals surface area (Å²) in [7, 11) is 0. The summed E-state index contributed by atoms with van der Waals surface area (Å²) in [6, 6.07) is 6.84. The molecule has 0 aliphatic carbocycles. The van der Waals surface area contributed by atoms with Crippen molar-refractivity contribution in [3.05, 3.63) is 29.8 Å². The molecule has 1 aliphatic rings. The normalized spacial score (nSPS) is 20.1. The molecular formula is C12H16O3. The van der Waals surface area contributed by atoms with Crippen LogP contribution >= 0.6 is 0 Å². The SMILES string of the molecule is Oc1cccc(C(O)C2CCOCC2)c1. The molecule has 1 atom stereocenters. The van der Waals surface area contributed by atoms with Gasteiger partial charge in [0.2, 0.25) is 0 Å². The molecule has 1 aromatic rings. The fourth-order valence-electron chi connectivity index (χ4n) is 2.01. The molecule has 1 aromatic carbocycles. The summed E-state index contributed by atoms with van der Waals surface area (Å²) in [6.07, 6.45) is 1.29. The molecular weight excluding hydrogens is 192 g/mol. The lowest BCUT2D eigenvalue weighted by Gasteiger charge is -2.26. The molecule has 3 heteroatoms.